The van der Waals surface area contributed by atoms with Crippen molar-refractivity contribution < 1.29 is 0 Å². The molecule has 0 bridgehead atoms. The van der Waals surface area contributed by atoms with Gasteiger partial charge in [-0.05, 0) is 84.0 Å². The molecule has 4 heterocycles. The number of hydrogen-bond donors (Lipinski definition) is 0. The highest BCUT2D eigenvalue weighted by molar-refractivity contribution is 7.20. The Labute approximate surface area is 517 Å². The van der Waals surface area contributed by atoms with Crippen molar-refractivity contribution in [2.45, 2.75) is 0 Å². The number of nitrogens with zero attached hydrogens (tertiary/aromatic N) is 6. The van der Waals surface area contributed by atoms with Gasteiger partial charge in [0.2, 0.25) is 11.9 Å². The third kappa shape index (κ3) is 8.11. The van der Waals surface area contributed by atoms with Gasteiger partial charge in [0.1, 0.15) is 0 Å². The maximum atomic E-state index is 5.73. The molecule has 0 amide bonds. The topological polar surface area (TPSA) is 53.5 Å². The number of rotatable bonds is 12. The second-order valence-electron chi connectivity index (χ2n) is 23.0. The molecule has 17 aromatic rings. The van der Waals surface area contributed by atoms with E-state index in [1.807, 2.05) is 0 Å². The molecule has 0 radical (unpaired) electrons. The van der Waals surface area contributed by atoms with Crippen molar-refractivity contribution in [2.24, 2.45) is 0 Å². The molecule has 0 fully saturated rings. The largest absolute Gasteiger partial charge is 0.309 e. The molecule has 89 heavy (non-hydrogen) atoms. The molecular weight excluding hydrogens is 1110 g/mol. The highest BCUT2D eigenvalue weighted by Gasteiger charge is 2.43. The van der Waals surface area contributed by atoms with Crippen molar-refractivity contribution in [3.8, 4) is 29.0 Å². The summed E-state index contributed by atoms with van der Waals surface area (Å²) in [5, 5.41) is 17.2. The third-order valence-corrected chi connectivity index (χ3v) is 28.0. The fraction of sp³-hybridized carbons (Fsp3) is 0. The summed E-state index contributed by atoms with van der Waals surface area (Å²) < 4.78 is 7.02. The van der Waals surface area contributed by atoms with Crippen LogP contribution in [0.5, 0.6) is 0 Å². The molecule has 0 N–H and O–H groups in total. The maximum absolute atomic E-state index is 5.73. The molecule has 8 heteroatoms. The Bertz CT molecular complexity index is 5220. The summed E-state index contributed by atoms with van der Waals surface area (Å²) in [7, 11) is -5.81. The van der Waals surface area contributed by atoms with E-state index in [0.717, 1.165) is 76.7 Å². The molecule has 0 saturated carbocycles. The van der Waals surface area contributed by atoms with Crippen LogP contribution in [0.2, 0.25) is 0 Å². The van der Waals surface area contributed by atoms with Gasteiger partial charge in [-0.1, -0.05) is 297 Å². The quantitative estimate of drug-likeness (QED) is 0.0905. The lowest BCUT2D eigenvalue weighted by atomic mass is 10.1. The molecule has 0 unspecified atom stereocenters. The van der Waals surface area contributed by atoms with E-state index in [1.165, 1.54) is 41.5 Å². The number of hydrogen-bond acceptors (Lipinski definition) is 3. The minimum atomic E-state index is -2.96. The molecule has 0 saturated heterocycles. The number of fused-ring (bicyclic) bond motifs is 10. The van der Waals surface area contributed by atoms with Crippen LogP contribution in [0.15, 0.2) is 340 Å². The van der Waals surface area contributed by atoms with Crippen LogP contribution in [0, 0.1) is 0 Å². The molecule has 0 spiro atoms. The molecule has 0 aliphatic rings. The zero-order valence-electron chi connectivity index (χ0n) is 48.5. The number of aromatic nitrogens is 6. The van der Waals surface area contributed by atoms with Gasteiger partial charge in [0, 0.05) is 43.6 Å². The molecule has 6 nitrogen and oxygen atoms in total. The first kappa shape index (κ1) is 52.1. The lowest BCUT2D eigenvalue weighted by Crippen LogP contribution is -2.74. The highest BCUT2D eigenvalue weighted by Crippen LogP contribution is 2.42. The van der Waals surface area contributed by atoms with Crippen molar-refractivity contribution in [1.82, 2.24) is 28.7 Å². The third-order valence-electron chi connectivity index (χ3n) is 18.4. The van der Waals surface area contributed by atoms with Gasteiger partial charge in [0.05, 0.1) is 33.1 Å². The Morgan fingerprint density at radius 3 is 1.03 bits per heavy atom. The summed E-state index contributed by atoms with van der Waals surface area (Å²) in [4.78, 5) is 17.0. The SMILES string of the molecule is c1ccc(-n2c3cc([Si](c4ccccc4)(c4ccccc4)c4ccccc4)ccc3c3c2ccc2c4ccccc4n(-c4nc(-c5ccc([Si](c6ccccc6)(c6ccccc6)c6ccccc6)cc5)nc(-n5c6ccccc6c6ccccc65)n4)c23)cc1. The van der Waals surface area contributed by atoms with Crippen molar-refractivity contribution >= 4 is 123 Å². The molecular formula is C81H56N6Si2. The van der Waals surface area contributed by atoms with Crippen LogP contribution in [0.1, 0.15) is 0 Å². The predicted octanol–water partition coefficient (Wildman–Crippen LogP) is 13.6. The van der Waals surface area contributed by atoms with Crippen molar-refractivity contribution in [1.29, 1.82) is 0 Å². The van der Waals surface area contributed by atoms with Crippen LogP contribution in [0.3, 0.4) is 0 Å². The van der Waals surface area contributed by atoms with Gasteiger partial charge in [-0.3, -0.25) is 9.13 Å². The lowest BCUT2D eigenvalue weighted by molar-refractivity contribution is 0.894. The molecule has 17 rings (SSSR count). The molecule has 0 aliphatic carbocycles. The maximum Gasteiger partial charge on any atom is 0.240 e. The average Bonchev–Trinajstić information content (AvgIpc) is 1.63. The van der Waals surface area contributed by atoms with Gasteiger partial charge in [-0.15, -0.1) is 0 Å². The van der Waals surface area contributed by atoms with Crippen LogP contribution in [0.4, 0.5) is 0 Å². The normalized spacial score (nSPS) is 12.0. The van der Waals surface area contributed by atoms with Crippen LogP contribution in [-0.4, -0.2) is 44.8 Å². The van der Waals surface area contributed by atoms with E-state index in [0.29, 0.717) is 17.7 Å². The minimum absolute atomic E-state index is 0.525. The molecule has 418 valence electrons. The highest BCUT2D eigenvalue weighted by atomic mass is 28.3. The van der Waals surface area contributed by atoms with Crippen molar-refractivity contribution in [2.75, 3.05) is 0 Å². The summed E-state index contributed by atoms with van der Waals surface area (Å²) in [5.41, 5.74) is 8.24. The summed E-state index contributed by atoms with van der Waals surface area (Å²) in [6.45, 7) is 0. The first-order valence-corrected chi connectivity index (χ1v) is 34.4. The van der Waals surface area contributed by atoms with E-state index in [4.69, 9.17) is 15.0 Å². The smallest absolute Gasteiger partial charge is 0.240 e. The van der Waals surface area contributed by atoms with Gasteiger partial charge < -0.3 is 4.57 Å². The van der Waals surface area contributed by atoms with Crippen LogP contribution >= 0.6 is 0 Å². The second-order valence-corrected chi connectivity index (χ2v) is 30.6. The molecule has 13 aromatic carbocycles. The van der Waals surface area contributed by atoms with Crippen LogP contribution in [-0.2, 0) is 0 Å². The van der Waals surface area contributed by atoms with Crippen LogP contribution in [0.25, 0.3) is 94.4 Å². The summed E-state index contributed by atoms with van der Waals surface area (Å²) in [6.07, 6.45) is 0. The Morgan fingerprint density at radius 2 is 0.573 bits per heavy atom. The summed E-state index contributed by atoms with van der Waals surface area (Å²) >= 11 is 0. The van der Waals surface area contributed by atoms with Crippen LogP contribution < -0.4 is 41.5 Å². The Hall–Kier alpha value is -11.3. The van der Waals surface area contributed by atoms with E-state index < -0.39 is 16.1 Å². The van der Waals surface area contributed by atoms with E-state index >= 15 is 0 Å². The number of benzene rings is 13. The van der Waals surface area contributed by atoms with Gasteiger partial charge >= 0.3 is 0 Å². The fourth-order valence-corrected chi connectivity index (χ4v) is 24.2. The van der Waals surface area contributed by atoms with Crippen molar-refractivity contribution in [3.05, 3.63) is 340 Å². The molecule has 0 atom stereocenters. The van der Waals surface area contributed by atoms with Gasteiger partial charge in [0.25, 0.3) is 0 Å². The van der Waals surface area contributed by atoms with Gasteiger partial charge in [0.15, 0.2) is 22.0 Å². The standard InChI is InChI=1S/C81H56N6Si2/c1-8-28-58(29-9-1)85-75-55-54-70-69-44-24-27-47-74(69)87(78(70)77(75)71-53-52-66(56-76(71)85)89(62-36-16-5-17-37-62,63-38-18-6-19-39-63)64-40-20-7-21-41-64)81-83-79(82-80(84-81)86-72-45-25-22-42-67(72)68-43-23-26-46-73(68)86)57-48-50-65(51-49-57)88(59-30-10-2-11-31-59,60-32-12-3-13-33-60)61-34-14-4-15-35-61/h1-56H. The van der Waals surface area contributed by atoms with Gasteiger partial charge in [-0.2, -0.15) is 15.0 Å². The average molecular weight is 1170 g/mol. The fourth-order valence-electron chi connectivity index (χ4n) is 14.7. The first-order chi connectivity index (χ1) is 44.2. The van der Waals surface area contributed by atoms with Gasteiger partial charge in [-0.25, -0.2) is 0 Å². The zero-order chi connectivity index (χ0) is 58.9. The first-order valence-electron chi connectivity index (χ1n) is 30.4. The number of para-hydroxylation sites is 4. The Morgan fingerprint density at radius 1 is 0.225 bits per heavy atom. The molecule has 0 aliphatic heterocycles. The van der Waals surface area contributed by atoms with E-state index in [2.05, 4.69) is 353 Å². The zero-order valence-corrected chi connectivity index (χ0v) is 50.5. The lowest BCUT2D eigenvalue weighted by Gasteiger charge is -2.34. The van der Waals surface area contributed by atoms with E-state index in [-0.39, 0.29) is 0 Å². The molecule has 4 aromatic heterocycles. The summed E-state index contributed by atoms with van der Waals surface area (Å²) in [5.74, 6) is 1.63. The minimum Gasteiger partial charge on any atom is -0.309 e. The monoisotopic (exact) mass is 1170 g/mol. The summed E-state index contributed by atoms with van der Waals surface area (Å²) in [6, 6.07) is 125. The van der Waals surface area contributed by atoms with E-state index in [9.17, 15) is 0 Å². The van der Waals surface area contributed by atoms with E-state index in [1.54, 1.807) is 0 Å². The van der Waals surface area contributed by atoms with Crippen molar-refractivity contribution in [3.63, 3.8) is 0 Å². The predicted molar refractivity (Wildman–Crippen MR) is 376 cm³/mol. The Kier molecular flexibility index (Phi) is 12.5. The second kappa shape index (κ2) is 21.3. The Balaban J connectivity index is 0.957.